The van der Waals surface area contributed by atoms with Gasteiger partial charge in [0.2, 0.25) is 0 Å². The second kappa shape index (κ2) is 9.87. The second-order valence-electron chi connectivity index (χ2n) is 8.26. The van der Waals surface area contributed by atoms with Gasteiger partial charge in [-0.05, 0) is 69.9 Å². The molecule has 2 aromatic carbocycles. The first-order valence-corrected chi connectivity index (χ1v) is 10.6. The van der Waals surface area contributed by atoms with Gasteiger partial charge >= 0.3 is 0 Å². The van der Waals surface area contributed by atoms with E-state index in [1.54, 1.807) is 43.5 Å². The van der Waals surface area contributed by atoms with Crippen LogP contribution in [0.4, 0.5) is 0 Å². The zero-order chi connectivity index (χ0) is 23.4. The third kappa shape index (κ3) is 4.94. The molecule has 0 bridgehead atoms. The molecule has 1 atom stereocenters. The number of aliphatic hydroxyl groups excluding tert-OH is 1. The summed E-state index contributed by atoms with van der Waals surface area (Å²) in [4.78, 5) is 29.4. The normalized spacial score (nSPS) is 18.0. The lowest BCUT2D eigenvalue weighted by molar-refractivity contribution is -0.140. The van der Waals surface area contributed by atoms with Gasteiger partial charge < -0.3 is 24.4 Å². The van der Waals surface area contributed by atoms with Crippen LogP contribution in [-0.4, -0.2) is 67.0 Å². The predicted molar refractivity (Wildman–Crippen MR) is 123 cm³/mol. The second-order valence-corrected chi connectivity index (χ2v) is 8.26. The summed E-state index contributed by atoms with van der Waals surface area (Å²) in [7, 11) is 5.38. The van der Waals surface area contributed by atoms with Gasteiger partial charge in [-0.15, -0.1) is 0 Å². The number of carbonyl (C=O) groups excluding carboxylic acids is 2. The van der Waals surface area contributed by atoms with Crippen molar-refractivity contribution in [3.8, 4) is 11.5 Å². The average Bonchev–Trinajstić information content (AvgIpc) is 3.02. The summed E-state index contributed by atoms with van der Waals surface area (Å²) in [6.07, 6.45) is 0.0199. The topological polar surface area (TPSA) is 79.3 Å². The van der Waals surface area contributed by atoms with Crippen LogP contribution in [0, 0.1) is 0 Å². The maximum absolute atomic E-state index is 13.0. The first kappa shape index (κ1) is 23.3. The minimum atomic E-state index is -0.690. The number of hydrogen-bond donors (Lipinski definition) is 1. The molecule has 1 aliphatic rings. The quantitative estimate of drug-likeness (QED) is 0.386. The predicted octanol–water partition coefficient (Wildman–Crippen LogP) is 3.47. The van der Waals surface area contributed by atoms with E-state index in [-0.39, 0.29) is 17.4 Å². The number of methoxy groups -OCH3 is 1. The number of likely N-dealkylation sites (tertiary alicyclic amines) is 1. The van der Waals surface area contributed by atoms with E-state index in [2.05, 4.69) is 0 Å². The molecule has 0 aromatic heterocycles. The molecule has 1 unspecified atom stereocenters. The molecule has 0 radical (unpaired) electrons. The van der Waals surface area contributed by atoms with Crippen LogP contribution in [0.25, 0.3) is 5.76 Å². The van der Waals surface area contributed by atoms with Crippen LogP contribution in [0.2, 0.25) is 0 Å². The maximum Gasteiger partial charge on any atom is 0.295 e. The molecule has 2 aromatic rings. The molecule has 1 heterocycles. The number of ether oxygens (including phenoxy) is 2. The molecule has 1 fully saturated rings. The summed E-state index contributed by atoms with van der Waals surface area (Å²) < 4.78 is 10.9. The number of amides is 1. The van der Waals surface area contributed by atoms with Crippen molar-refractivity contribution < 1.29 is 24.2 Å². The Morgan fingerprint density at radius 3 is 2.16 bits per heavy atom. The van der Waals surface area contributed by atoms with Crippen molar-refractivity contribution in [2.75, 3.05) is 34.3 Å². The Morgan fingerprint density at radius 1 is 1.03 bits per heavy atom. The smallest absolute Gasteiger partial charge is 0.295 e. The number of Topliss-reactive ketones (excluding diaryl/α,β-unsaturated/α-hetero) is 1. The number of rotatable bonds is 8. The van der Waals surface area contributed by atoms with E-state index in [1.165, 1.54) is 4.90 Å². The molecular formula is C25H30N2O5. The Hall–Kier alpha value is -3.32. The zero-order valence-electron chi connectivity index (χ0n) is 19.2. The van der Waals surface area contributed by atoms with Crippen molar-refractivity contribution in [2.45, 2.75) is 26.0 Å². The van der Waals surface area contributed by atoms with Crippen LogP contribution < -0.4 is 9.47 Å². The fraction of sp³-hybridized carbons (Fsp3) is 0.360. The third-order valence-corrected chi connectivity index (χ3v) is 5.26. The summed E-state index contributed by atoms with van der Waals surface area (Å²) in [6, 6.07) is 13.3. The van der Waals surface area contributed by atoms with Gasteiger partial charge in [0.1, 0.15) is 17.3 Å². The van der Waals surface area contributed by atoms with Crippen molar-refractivity contribution in [3.63, 3.8) is 0 Å². The zero-order valence-corrected chi connectivity index (χ0v) is 19.2. The molecule has 7 nitrogen and oxygen atoms in total. The van der Waals surface area contributed by atoms with Crippen molar-refractivity contribution in [3.05, 3.63) is 65.2 Å². The van der Waals surface area contributed by atoms with E-state index in [0.29, 0.717) is 30.2 Å². The summed E-state index contributed by atoms with van der Waals surface area (Å²) in [5.74, 6) is -0.180. The number of hydrogen-bond acceptors (Lipinski definition) is 6. The molecule has 1 aliphatic heterocycles. The molecule has 7 heteroatoms. The fourth-order valence-corrected chi connectivity index (χ4v) is 3.67. The Bertz CT molecular complexity index is 994. The molecule has 0 spiro atoms. The maximum atomic E-state index is 13.0. The molecule has 0 aliphatic carbocycles. The average molecular weight is 439 g/mol. The van der Waals surface area contributed by atoms with Gasteiger partial charge in [-0.2, -0.15) is 0 Å². The number of ketones is 1. The number of carbonyl (C=O) groups is 2. The van der Waals surface area contributed by atoms with Crippen LogP contribution in [0.3, 0.4) is 0 Å². The largest absolute Gasteiger partial charge is 0.507 e. The van der Waals surface area contributed by atoms with Crippen LogP contribution >= 0.6 is 0 Å². The minimum absolute atomic E-state index is 0.0199. The highest BCUT2D eigenvalue weighted by Gasteiger charge is 2.45. The highest BCUT2D eigenvalue weighted by molar-refractivity contribution is 6.46. The van der Waals surface area contributed by atoms with Gasteiger partial charge in [-0.1, -0.05) is 12.1 Å². The van der Waals surface area contributed by atoms with Crippen LogP contribution in [0.1, 0.15) is 31.0 Å². The van der Waals surface area contributed by atoms with Crippen molar-refractivity contribution in [1.82, 2.24) is 9.80 Å². The first-order chi connectivity index (χ1) is 15.2. The lowest BCUT2D eigenvalue weighted by atomic mass is 9.95. The Kier molecular flexibility index (Phi) is 7.20. The standard InChI is InChI=1S/C25H30N2O5/c1-16(2)32-20-12-8-18(9-13-20)23(28)21-22(17-6-10-19(31-5)11-7-17)27(15-14-26(3)4)25(30)24(21)29/h6-13,16,22,28H,14-15H2,1-5H3. The van der Waals surface area contributed by atoms with Crippen LogP contribution in [0.15, 0.2) is 54.1 Å². The first-order valence-electron chi connectivity index (χ1n) is 10.6. The Balaban J connectivity index is 2.06. The van der Waals surface area contributed by atoms with E-state index in [4.69, 9.17) is 9.47 Å². The van der Waals surface area contributed by atoms with Crippen LogP contribution in [0.5, 0.6) is 11.5 Å². The summed E-state index contributed by atoms with van der Waals surface area (Å²) in [6.45, 7) is 4.79. The number of aliphatic hydroxyl groups is 1. The van der Waals surface area contributed by atoms with E-state index < -0.39 is 17.7 Å². The van der Waals surface area contributed by atoms with Crippen LogP contribution in [-0.2, 0) is 9.59 Å². The van der Waals surface area contributed by atoms with Crippen molar-refractivity contribution in [1.29, 1.82) is 0 Å². The highest BCUT2D eigenvalue weighted by atomic mass is 16.5. The van der Waals surface area contributed by atoms with Gasteiger partial charge in [-0.25, -0.2) is 0 Å². The number of benzene rings is 2. The molecule has 1 saturated heterocycles. The van der Waals surface area contributed by atoms with Gasteiger partial charge in [0.05, 0.1) is 24.8 Å². The van der Waals surface area contributed by atoms with E-state index >= 15 is 0 Å². The molecule has 1 amide bonds. The fourth-order valence-electron chi connectivity index (χ4n) is 3.67. The SMILES string of the molecule is COc1ccc(C2C(=C(O)c3ccc(OC(C)C)cc3)C(=O)C(=O)N2CCN(C)C)cc1. The summed E-state index contributed by atoms with van der Waals surface area (Å²) in [5, 5.41) is 11.1. The monoisotopic (exact) mass is 438 g/mol. The highest BCUT2D eigenvalue weighted by Crippen LogP contribution is 2.39. The van der Waals surface area contributed by atoms with Crippen molar-refractivity contribution in [2.24, 2.45) is 0 Å². The van der Waals surface area contributed by atoms with Gasteiger partial charge in [-0.3, -0.25) is 9.59 Å². The molecule has 3 rings (SSSR count). The van der Waals surface area contributed by atoms with E-state index in [0.717, 1.165) is 5.56 Å². The van der Waals surface area contributed by atoms with Gasteiger partial charge in [0, 0.05) is 18.7 Å². The summed E-state index contributed by atoms with van der Waals surface area (Å²) in [5.41, 5.74) is 1.26. The third-order valence-electron chi connectivity index (χ3n) is 5.26. The van der Waals surface area contributed by atoms with Gasteiger partial charge in [0.25, 0.3) is 11.7 Å². The molecule has 1 N–H and O–H groups in total. The number of likely N-dealkylation sites (N-methyl/N-ethyl adjacent to an activating group) is 1. The summed E-state index contributed by atoms with van der Waals surface area (Å²) >= 11 is 0. The lowest BCUT2D eigenvalue weighted by Gasteiger charge is -2.26. The van der Waals surface area contributed by atoms with Crippen molar-refractivity contribution >= 4 is 17.4 Å². The lowest BCUT2D eigenvalue weighted by Crippen LogP contribution is -2.35. The number of nitrogens with zero attached hydrogens (tertiary/aromatic N) is 2. The molecular weight excluding hydrogens is 408 g/mol. The Labute approximate surface area is 188 Å². The molecule has 0 saturated carbocycles. The van der Waals surface area contributed by atoms with Gasteiger partial charge in [0.15, 0.2) is 0 Å². The molecule has 170 valence electrons. The minimum Gasteiger partial charge on any atom is -0.507 e. The Morgan fingerprint density at radius 2 is 1.62 bits per heavy atom. The molecule has 32 heavy (non-hydrogen) atoms. The van der Waals surface area contributed by atoms with E-state index in [1.807, 2.05) is 45.0 Å². The van der Waals surface area contributed by atoms with E-state index in [9.17, 15) is 14.7 Å².